The first-order valence-electron chi connectivity index (χ1n) is 9.02. The second kappa shape index (κ2) is 9.93. The van der Waals surface area contributed by atoms with E-state index >= 15 is 0 Å². The van der Waals surface area contributed by atoms with Gasteiger partial charge < -0.3 is 15.0 Å². The van der Waals surface area contributed by atoms with Crippen LogP contribution in [0.4, 0.5) is 11.4 Å². The average molecular weight is 377 g/mol. The first-order chi connectivity index (χ1) is 13.5. The van der Waals surface area contributed by atoms with E-state index < -0.39 is 11.9 Å². The topological polar surface area (TPSA) is 82.4 Å². The lowest BCUT2D eigenvalue weighted by Gasteiger charge is -2.19. The number of anilines is 2. The van der Waals surface area contributed by atoms with Crippen LogP contribution >= 0.6 is 0 Å². The molecule has 0 aliphatic rings. The summed E-state index contributed by atoms with van der Waals surface area (Å²) in [5.74, 6) is -0.938. The number of amides is 1. The van der Waals surface area contributed by atoms with E-state index in [4.69, 9.17) is 4.74 Å². The molecule has 144 valence electrons. The molecule has 1 amide bonds. The predicted molar refractivity (Wildman–Crippen MR) is 109 cm³/mol. The zero-order chi connectivity index (χ0) is 20.5. The Bertz CT molecular complexity index is 911. The number of ether oxygens (including phenoxy) is 1. The lowest BCUT2D eigenvalue weighted by atomic mass is 10.2. The summed E-state index contributed by atoms with van der Waals surface area (Å²) in [7, 11) is 0. The molecule has 1 N–H and O–H groups in total. The van der Waals surface area contributed by atoms with Crippen LogP contribution < -0.4 is 10.2 Å². The fourth-order valence-corrected chi connectivity index (χ4v) is 2.55. The summed E-state index contributed by atoms with van der Waals surface area (Å²) in [6.07, 6.45) is 1.54. The Balaban J connectivity index is 2.15. The zero-order valence-corrected chi connectivity index (χ0v) is 16.2. The van der Waals surface area contributed by atoms with Crippen molar-refractivity contribution in [1.82, 2.24) is 0 Å². The van der Waals surface area contributed by atoms with Crippen molar-refractivity contribution < 1.29 is 14.3 Å². The third-order valence-corrected chi connectivity index (χ3v) is 3.98. The van der Waals surface area contributed by atoms with Gasteiger partial charge in [-0.2, -0.15) is 5.26 Å². The molecule has 0 aliphatic carbocycles. The summed E-state index contributed by atoms with van der Waals surface area (Å²) in [5, 5.41) is 12.1. The Labute approximate surface area is 165 Å². The molecule has 0 aromatic heterocycles. The molecule has 2 aromatic carbocycles. The Kier molecular flexibility index (Phi) is 7.35. The number of nitrogens with one attached hydrogen (secondary N) is 1. The van der Waals surface area contributed by atoms with Gasteiger partial charge in [-0.3, -0.25) is 4.79 Å². The molecular weight excluding hydrogens is 354 g/mol. The Morgan fingerprint density at radius 1 is 1.18 bits per heavy atom. The zero-order valence-electron chi connectivity index (χ0n) is 16.2. The molecule has 0 bridgehead atoms. The van der Waals surface area contributed by atoms with Crippen molar-refractivity contribution >= 4 is 23.3 Å². The largest absolute Gasteiger partial charge is 0.462 e. The number of carbonyl (C=O) groups is 2. The first-order valence-corrected chi connectivity index (χ1v) is 9.02. The maximum Gasteiger partial charge on any atom is 0.338 e. The van der Waals surface area contributed by atoms with E-state index in [0.717, 1.165) is 11.3 Å². The summed E-state index contributed by atoms with van der Waals surface area (Å²) in [6, 6.07) is 16.1. The highest BCUT2D eigenvalue weighted by Gasteiger charge is 2.13. The van der Waals surface area contributed by atoms with Crippen LogP contribution in [0.5, 0.6) is 0 Å². The van der Waals surface area contributed by atoms with Gasteiger partial charge in [0, 0.05) is 24.1 Å². The number of carbonyl (C=O) groups excluding carboxylic acids is 2. The molecule has 0 heterocycles. The lowest BCUT2D eigenvalue weighted by molar-refractivity contribution is -0.112. The van der Waals surface area contributed by atoms with Crippen LogP contribution in [0, 0.1) is 18.3 Å². The van der Waals surface area contributed by atoms with E-state index in [0.29, 0.717) is 24.4 Å². The summed E-state index contributed by atoms with van der Waals surface area (Å²) in [4.78, 5) is 26.0. The number of esters is 1. The number of hydrogen-bond acceptors (Lipinski definition) is 5. The molecular formula is C22H23N3O3. The fourth-order valence-electron chi connectivity index (χ4n) is 2.55. The van der Waals surface area contributed by atoms with E-state index in [1.165, 1.54) is 6.20 Å². The molecule has 6 heteroatoms. The number of nitrogens with zero attached hydrogens (tertiary/aromatic N) is 2. The van der Waals surface area contributed by atoms with Gasteiger partial charge in [0.05, 0.1) is 12.2 Å². The van der Waals surface area contributed by atoms with E-state index in [1.807, 2.05) is 49.1 Å². The molecule has 2 aromatic rings. The summed E-state index contributed by atoms with van der Waals surface area (Å²) in [5.41, 5.74) is 2.86. The van der Waals surface area contributed by atoms with Crippen molar-refractivity contribution in [2.24, 2.45) is 0 Å². The van der Waals surface area contributed by atoms with Crippen LogP contribution in [0.2, 0.25) is 0 Å². The quantitative estimate of drug-likeness (QED) is 0.447. The summed E-state index contributed by atoms with van der Waals surface area (Å²) < 4.78 is 4.93. The second-order valence-electron chi connectivity index (χ2n) is 6.03. The number of rotatable bonds is 7. The van der Waals surface area contributed by atoms with Gasteiger partial charge in [-0.15, -0.1) is 0 Å². The van der Waals surface area contributed by atoms with Gasteiger partial charge in [-0.05, 0) is 62.7 Å². The normalized spacial score (nSPS) is 10.7. The number of benzene rings is 2. The van der Waals surface area contributed by atoms with Crippen LogP contribution in [0.25, 0.3) is 0 Å². The molecule has 0 radical (unpaired) electrons. The second-order valence-corrected chi connectivity index (χ2v) is 6.03. The standard InChI is InChI=1S/C22H23N3O3/c1-4-25(20-8-6-7-16(3)13-20)15-18(14-23)21(26)24-19-11-9-17(10-12-19)22(27)28-5-2/h6-13,15H,4-5H2,1-3H3,(H,24,26)/b18-15-. The minimum atomic E-state index is -0.516. The van der Waals surface area contributed by atoms with Crippen LogP contribution in [-0.4, -0.2) is 25.0 Å². The van der Waals surface area contributed by atoms with Crippen molar-refractivity contribution in [3.05, 3.63) is 71.4 Å². The molecule has 0 fully saturated rings. The molecule has 6 nitrogen and oxygen atoms in total. The van der Waals surface area contributed by atoms with Gasteiger partial charge in [0.25, 0.3) is 5.91 Å². The van der Waals surface area contributed by atoms with Gasteiger partial charge in [0.1, 0.15) is 11.6 Å². The maximum absolute atomic E-state index is 12.5. The smallest absolute Gasteiger partial charge is 0.338 e. The molecule has 0 saturated heterocycles. The van der Waals surface area contributed by atoms with E-state index in [2.05, 4.69) is 5.32 Å². The molecule has 0 unspecified atom stereocenters. The third kappa shape index (κ3) is 5.45. The van der Waals surface area contributed by atoms with Crippen molar-refractivity contribution in [3.63, 3.8) is 0 Å². The van der Waals surface area contributed by atoms with Gasteiger partial charge >= 0.3 is 5.97 Å². The average Bonchev–Trinajstić information content (AvgIpc) is 2.69. The van der Waals surface area contributed by atoms with Crippen molar-refractivity contribution in [3.8, 4) is 6.07 Å². The Morgan fingerprint density at radius 2 is 1.89 bits per heavy atom. The summed E-state index contributed by atoms with van der Waals surface area (Å²) in [6.45, 7) is 6.57. The lowest BCUT2D eigenvalue weighted by Crippen LogP contribution is -2.20. The SMILES string of the molecule is CCOC(=O)c1ccc(NC(=O)/C(C#N)=C\N(CC)c2cccc(C)c2)cc1. The third-order valence-electron chi connectivity index (χ3n) is 3.98. The first kappa shape index (κ1) is 20.7. The van der Waals surface area contributed by atoms with Crippen LogP contribution in [-0.2, 0) is 9.53 Å². The van der Waals surface area contributed by atoms with Gasteiger partial charge in [-0.1, -0.05) is 12.1 Å². The maximum atomic E-state index is 12.5. The van der Waals surface area contributed by atoms with Gasteiger partial charge in [0.15, 0.2) is 0 Å². The molecule has 0 saturated carbocycles. The predicted octanol–water partition coefficient (Wildman–Crippen LogP) is 4.04. The van der Waals surface area contributed by atoms with Crippen LogP contribution in [0.15, 0.2) is 60.3 Å². The van der Waals surface area contributed by atoms with Crippen LogP contribution in [0.3, 0.4) is 0 Å². The van der Waals surface area contributed by atoms with Gasteiger partial charge in [-0.25, -0.2) is 4.79 Å². The van der Waals surface area contributed by atoms with Crippen molar-refractivity contribution in [2.75, 3.05) is 23.4 Å². The van der Waals surface area contributed by atoms with E-state index in [1.54, 1.807) is 31.2 Å². The molecule has 0 spiro atoms. The Morgan fingerprint density at radius 3 is 2.46 bits per heavy atom. The van der Waals surface area contributed by atoms with E-state index in [9.17, 15) is 14.9 Å². The number of aryl methyl sites for hydroxylation is 1. The highest BCUT2D eigenvalue weighted by Crippen LogP contribution is 2.18. The van der Waals surface area contributed by atoms with Crippen molar-refractivity contribution in [2.45, 2.75) is 20.8 Å². The minimum absolute atomic E-state index is 0.0159. The van der Waals surface area contributed by atoms with Crippen molar-refractivity contribution in [1.29, 1.82) is 5.26 Å². The summed E-state index contributed by atoms with van der Waals surface area (Å²) >= 11 is 0. The number of hydrogen-bond donors (Lipinski definition) is 1. The van der Waals surface area contributed by atoms with Gasteiger partial charge in [0.2, 0.25) is 0 Å². The van der Waals surface area contributed by atoms with E-state index in [-0.39, 0.29) is 5.57 Å². The Hall–Kier alpha value is -3.59. The molecule has 0 aliphatic heterocycles. The fraction of sp³-hybridized carbons (Fsp3) is 0.227. The highest BCUT2D eigenvalue weighted by molar-refractivity contribution is 6.07. The van der Waals surface area contributed by atoms with Crippen LogP contribution in [0.1, 0.15) is 29.8 Å². The minimum Gasteiger partial charge on any atom is -0.462 e. The monoisotopic (exact) mass is 377 g/mol. The molecule has 0 atom stereocenters. The molecule has 2 rings (SSSR count). The molecule has 28 heavy (non-hydrogen) atoms. The highest BCUT2D eigenvalue weighted by atomic mass is 16.5. The number of nitriles is 1.